The van der Waals surface area contributed by atoms with Crippen molar-refractivity contribution in [1.82, 2.24) is 9.97 Å². The Balaban J connectivity index is 2.06. The van der Waals surface area contributed by atoms with E-state index in [2.05, 4.69) is 39.7 Å². The van der Waals surface area contributed by atoms with E-state index in [0.717, 1.165) is 36.5 Å². The summed E-state index contributed by atoms with van der Waals surface area (Å²) in [4.78, 5) is 10.4. The van der Waals surface area contributed by atoms with Crippen LogP contribution in [0, 0.1) is 6.92 Å². The van der Waals surface area contributed by atoms with E-state index in [1.54, 1.807) is 11.3 Å². The molecule has 5 heteroatoms. The van der Waals surface area contributed by atoms with Gasteiger partial charge >= 0.3 is 0 Å². The van der Waals surface area contributed by atoms with Crippen molar-refractivity contribution in [2.75, 3.05) is 19.0 Å². The number of nitrogens with one attached hydrogen (secondary N) is 1. The maximum Gasteiger partial charge on any atom is 0.221 e. The third-order valence-corrected chi connectivity index (χ3v) is 3.96. The van der Waals surface area contributed by atoms with Crippen molar-refractivity contribution in [2.24, 2.45) is 0 Å². The summed E-state index contributed by atoms with van der Waals surface area (Å²) in [5.74, 6) is 2.40. The van der Waals surface area contributed by atoms with Crippen LogP contribution >= 0.6 is 11.3 Å². The molecule has 20 heavy (non-hydrogen) atoms. The average molecular weight is 291 g/mol. The summed E-state index contributed by atoms with van der Waals surface area (Å²) in [7, 11) is 1.88. The molecule has 2 heterocycles. The van der Waals surface area contributed by atoms with Gasteiger partial charge in [-0.05, 0) is 24.8 Å². The van der Waals surface area contributed by atoms with Gasteiger partial charge in [0.25, 0.3) is 0 Å². The third-order valence-electron chi connectivity index (χ3n) is 3.03. The zero-order chi connectivity index (χ0) is 14.4. The quantitative estimate of drug-likeness (QED) is 0.848. The molecule has 0 atom stereocenters. The van der Waals surface area contributed by atoms with Crippen molar-refractivity contribution in [3.05, 3.63) is 33.8 Å². The van der Waals surface area contributed by atoms with Gasteiger partial charge in [0, 0.05) is 24.8 Å². The van der Waals surface area contributed by atoms with Gasteiger partial charge in [-0.2, -0.15) is 4.98 Å². The highest BCUT2D eigenvalue weighted by molar-refractivity contribution is 7.09. The predicted octanol–water partition coefficient (Wildman–Crippen LogP) is 3.46. The molecule has 0 amide bonds. The number of hydrogen-bond donors (Lipinski definition) is 1. The zero-order valence-electron chi connectivity index (χ0n) is 12.3. The molecule has 0 aliphatic carbocycles. The zero-order valence-corrected chi connectivity index (χ0v) is 13.1. The van der Waals surface area contributed by atoms with E-state index in [4.69, 9.17) is 4.74 Å². The molecule has 0 saturated carbocycles. The first-order valence-electron chi connectivity index (χ1n) is 6.95. The summed E-state index contributed by atoms with van der Waals surface area (Å²) < 4.78 is 5.86. The Morgan fingerprint density at radius 2 is 2.15 bits per heavy atom. The van der Waals surface area contributed by atoms with E-state index in [9.17, 15) is 0 Å². The lowest BCUT2D eigenvalue weighted by molar-refractivity contribution is 0.306. The minimum absolute atomic E-state index is 0.646. The lowest BCUT2D eigenvalue weighted by Crippen LogP contribution is -2.09. The molecule has 0 radical (unpaired) electrons. The molecule has 0 bridgehead atoms. The van der Waals surface area contributed by atoms with Gasteiger partial charge in [-0.15, -0.1) is 11.3 Å². The highest BCUT2D eigenvalue weighted by atomic mass is 32.1. The first-order chi connectivity index (χ1) is 9.74. The molecular weight excluding hydrogens is 270 g/mol. The maximum absolute atomic E-state index is 5.86. The number of ether oxygens (including phenoxy) is 1. The van der Waals surface area contributed by atoms with Gasteiger partial charge in [0.05, 0.1) is 12.2 Å². The standard InChI is InChI=1S/C15H21N3OS/c1-4-6-13-17-14(16-3)11(2)15(18-13)19-9-8-12-7-5-10-20-12/h5,7,10H,4,6,8-9H2,1-3H3,(H,16,17,18). The van der Waals surface area contributed by atoms with Crippen molar-refractivity contribution in [2.45, 2.75) is 33.1 Å². The van der Waals surface area contributed by atoms with E-state index in [0.29, 0.717) is 12.5 Å². The smallest absolute Gasteiger partial charge is 0.221 e. The molecule has 4 nitrogen and oxygen atoms in total. The largest absolute Gasteiger partial charge is 0.477 e. The number of aryl methyl sites for hydroxylation is 1. The molecule has 0 aromatic carbocycles. The second kappa shape index (κ2) is 7.24. The van der Waals surface area contributed by atoms with Gasteiger partial charge in [-0.1, -0.05) is 13.0 Å². The van der Waals surface area contributed by atoms with Gasteiger partial charge < -0.3 is 10.1 Å². The van der Waals surface area contributed by atoms with Crippen LogP contribution in [0.4, 0.5) is 5.82 Å². The number of hydrogen-bond acceptors (Lipinski definition) is 5. The molecule has 0 spiro atoms. The van der Waals surface area contributed by atoms with Gasteiger partial charge in [0.15, 0.2) is 0 Å². The van der Waals surface area contributed by atoms with Gasteiger partial charge in [0.1, 0.15) is 11.6 Å². The second-order valence-corrected chi connectivity index (χ2v) is 5.63. The topological polar surface area (TPSA) is 47.0 Å². The maximum atomic E-state index is 5.86. The first kappa shape index (κ1) is 14.8. The van der Waals surface area contributed by atoms with Gasteiger partial charge in [-0.25, -0.2) is 4.98 Å². The SMILES string of the molecule is CCCc1nc(NC)c(C)c(OCCc2cccs2)n1. The highest BCUT2D eigenvalue weighted by Gasteiger charge is 2.11. The molecule has 0 aliphatic rings. The van der Waals surface area contributed by atoms with Crippen LogP contribution < -0.4 is 10.1 Å². The van der Waals surface area contributed by atoms with E-state index in [-0.39, 0.29) is 0 Å². The molecule has 0 unspecified atom stereocenters. The van der Waals surface area contributed by atoms with Crippen molar-refractivity contribution >= 4 is 17.2 Å². The Morgan fingerprint density at radius 3 is 2.80 bits per heavy atom. The molecule has 108 valence electrons. The molecule has 2 aromatic rings. The molecule has 0 aliphatic heterocycles. The fourth-order valence-electron chi connectivity index (χ4n) is 1.96. The Morgan fingerprint density at radius 1 is 1.30 bits per heavy atom. The van der Waals surface area contributed by atoms with Crippen LogP contribution in [0.3, 0.4) is 0 Å². The van der Waals surface area contributed by atoms with Crippen molar-refractivity contribution in [3.8, 4) is 5.88 Å². The molecule has 0 saturated heterocycles. The van der Waals surface area contributed by atoms with Crippen LogP contribution in [0.25, 0.3) is 0 Å². The van der Waals surface area contributed by atoms with Gasteiger partial charge in [-0.3, -0.25) is 0 Å². The summed E-state index contributed by atoms with van der Waals surface area (Å²) in [5, 5.41) is 5.20. The average Bonchev–Trinajstić information content (AvgIpc) is 2.95. The Bertz CT molecular complexity index is 540. The van der Waals surface area contributed by atoms with Crippen LogP contribution in [-0.2, 0) is 12.8 Å². The normalized spacial score (nSPS) is 10.6. The van der Waals surface area contributed by atoms with Gasteiger partial charge in [0.2, 0.25) is 5.88 Å². The van der Waals surface area contributed by atoms with E-state index in [1.807, 2.05) is 14.0 Å². The predicted molar refractivity (Wildman–Crippen MR) is 83.8 cm³/mol. The minimum atomic E-state index is 0.646. The fraction of sp³-hybridized carbons (Fsp3) is 0.467. The second-order valence-electron chi connectivity index (χ2n) is 4.60. The summed E-state index contributed by atoms with van der Waals surface area (Å²) in [6.45, 7) is 4.76. The lowest BCUT2D eigenvalue weighted by atomic mass is 10.3. The minimum Gasteiger partial charge on any atom is -0.477 e. The fourth-order valence-corrected chi connectivity index (χ4v) is 2.65. The van der Waals surface area contributed by atoms with Crippen molar-refractivity contribution in [3.63, 3.8) is 0 Å². The number of anilines is 1. The first-order valence-corrected chi connectivity index (χ1v) is 7.83. The third kappa shape index (κ3) is 3.70. The summed E-state index contributed by atoms with van der Waals surface area (Å²) in [5.41, 5.74) is 0.971. The van der Waals surface area contributed by atoms with Crippen LogP contribution in [-0.4, -0.2) is 23.6 Å². The summed E-state index contributed by atoms with van der Waals surface area (Å²) in [6, 6.07) is 4.19. The Hall–Kier alpha value is -1.62. The molecule has 2 rings (SSSR count). The van der Waals surface area contributed by atoms with E-state index < -0.39 is 0 Å². The lowest BCUT2D eigenvalue weighted by Gasteiger charge is -2.12. The van der Waals surface area contributed by atoms with Crippen LogP contribution in [0.2, 0.25) is 0 Å². The summed E-state index contributed by atoms with van der Waals surface area (Å²) >= 11 is 1.76. The van der Waals surface area contributed by atoms with Crippen molar-refractivity contribution in [1.29, 1.82) is 0 Å². The highest BCUT2D eigenvalue weighted by Crippen LogP contribution is 2.22. The van der Waals surface area contributed by atoms with Crippen LogP contribution in [0.5, 0.6) is 5.88 Å². The molecule has 1 N–H and O–H groups in total. The van der Waals surface area contributed by atoms with Crippen LogP contribution in [0.1, 0.15) is 29.6 Å². The molecular formula is C15H21N3OS. The van der Waals surface area contributed by atoms with Crippen molar-refractivity contribution < 1.29 is 4.74 Å². The Kier molecular flexibility index (Phi) is 5.35. The number of nitrogens with zero attached hydrogens (tertiary/aromatic N) is 2. The van der Waals surface area contributed by atoms with E-state index >= 15 is 0 Å². The molecule has 0 fully saturated rings. The van der Waals surface area contributed by atoms with E-state index in [1.165, 1.54) is 4.88 Å². The number of aromatic nitrogens is 2. The Labute approximate surface area is 124 Å². The number of thiophene rings is 1. The monoisotopic (exact) mass is 291 g/mol. The van der Waals surface area contributed by atoms with Crippen LogP contribution in [0.15, 0.2) is 17.5 Å². The number of rotatable bonds is 7. The summed E-state index contributed by atoms with van der Waals surface area (Å²) in [6.07, 6.45) is 2.82. The molecule has 2 aromatic heterocycles.